The Kier molecular flexibility index (Phi) is 5.46. The number of aryl methyl sites for hydroxylation is 1. The van der Waals surface area contributed by atoms with Gasteiger partial charge in [-0.2, -0.15) is 0 Å². The average molecular weight is 431 g/mol. The predicted octanol–water partition coefficient (Wildman–Crippen LogP) is 5.02. The molecule has 0 bridgehead atoms. The number of benzene rings is 1. The zero-order chi connectivity index (χ0) is 23.0. The molecule has 164 valence electrons. The lowest BCUT2D eigenvalue weighted by molar-refractivity contribution is 0.0551. The van der Waals surface area contributed by atoms with E-state index < -0.39 is 11.7 Å². The van der Waals surface area contributed by atoms with Gasteiger partial charge < -0.3 is 9.72 Å². The summed E-state index contributed by atoms with van der Waals surface area (Å²) in [5.74, 6) is 0. The Bertz CT molecular complexity index is 1450. The molecule has 32 heavy (non-hydrogen) atoms. The quantitative estimate of drug-likeness (QED) is 0.543. The van der Waals surface area contributed by atoms with Crippen LogP contribution in [0.3, 0.4) is 0 Å². The first-order valence-electron chi connectivity index (χ1n) is 10.6. The van der Waals surface area contributed by atoms with Crippen molar-refractivity contribution in [3.05, 3.63) is 85.9 Å². The van der Waals surface area contributed by atoms with Gasteiger partial charge >= 0.3 is 6.09 Å². The second-order valence-electron chi connectivity index (χ2n) is 8.94. The molecule has 2 aromatic heterocycles. The largest absolute Gasteiger partial charge is 0.443 e. The van der Waals surface area contributed by atoms with E-state index >= 15 is 0 Å². The van der Waals surface area contributed by atoms with Gasteiger partial charge in [-0.05, 0) is 76.9 Å². The van der Waals surface area contributed by atoms with Crippen molar-refractivity contribution in [3.8, 4) is 0 Å². The maximum atomic E-state index is 13.4. The fourth-order valence-electron chi connectivity index (χ4n) is 3.94. The molecule has 0 spiro atoms. The Morgan fingerprint density at radius 2 is 1.75 bits per heavy atom. The minimum Gasteiger partial charge on any atom is -0.443 e. The predicted molar refractivity (Wildman–Crippen MR) is 128 cm³/mol. The average Bonchev–Trinajstić information content (AvgIpc) is 2.73. The van der Waals surface area contributed by atoms with Crippen molar-refractivity contribution in [2.45, 2.75) is 46.1 Å². The van der Waals surface area contributed by atoms with Crippen molar-refractivity contribution in [1.82, 2.24) is 9.55 Å². The van der Waals surface area contributed by atoms with Crippen LogP contribution in [0.1, 0.15) is 44.1 Å². The number of nitrogens with zero attached hydrogens (tertiary/aromatic N) is 1. The van der Waals surface area contributed by atoms with Crippen LogP contribution in [0.2, 0.25) is 0 Å². The van der Waals surface area contributed by atoms with Crippen LogP contribution < -0.4 is 10.9 Å². The monoisotopic (exact) mass is 430 g/mol. The fourth-order valence-corrected chi connectivity index (χ4v) is 3.94. The minimum atomic E-state index is -0.731. The molecule has 0 saturated heterocycles. The first-order valence-corrected chi connectivity index (χ1v) is 10.6. The van der Waals surface area contributed by atoms with Gasteiger partial charge in [0.2, 0.25) is 0 Å². The lowest BCUT2D eigenvalue weighted by Gasteiger charge is -2.22. The molecule has 0 atom stereocenters. The number of rotatable bonds is 0. The smallest absolute Gasteiger partial charge is 0.419 e. The summed E-state index contributed by atoms with van der Waals surface area (Å²) in [5, 5.41) is 0.711. The molecule has 3 aromatic rings. The number of hydrogen-bond donors (Lipinski definition) is 1. The summed E-state index contributed by atoms with van der Waals surface area (Å²) in [6.45, 7) is 7.19. The maximum Gasteiger partial charge on any atom is 0.419 e. The van der Waals surface area contributed by atoms with Crippen molar-refractivity contribution < 1.29 is 9.53 Å². The third-order valence-corrected chi connectivity index (χ3v) is 5.28. The molecule has 6 nitrogen and oxygen atoms in total. The van der Waals surface area contributed by atoms with Crippen LogP contribution in [0, 0.1) is 6.92 Å². The molecule has 0 fully saturated rings. The molecule has 0 aliphatic heterocycles. The second kappa shape index (κ2) is 8.11. The van der Waals surface area contributed by atoms with Crippen molar-refractivity contribution in [2.75, 3.05) is 0 Å². The lowest BCUT2D eigenvalue weighted by Crippen LogP contribution is -2.28. The van der Waals surface area contributed by atoms with E-state index in [1.54, 1.807) is 57.2 Å². The molecule has 0 unspecified atom stereocenters. The number of allylic oxidation sites excluding steroid dienone is 1. The molecule has 0 saturated carbocycles. The third-order valence-electron chi connectivity index (χ3n) is 5.28. The van der Waals surface area contributed by atoms with Gasteiger partial charge in [-0.15, -0.1) is 0 Å². The normalized spacial score (nSPS) is 13.0. The summed E-state index contributed by atoms with van der Waals surface area (Å²) < 4.78 is 7.03. The highest BCUT2D eigenvalue weighted by molar-refractivity contribution is 6.00. The molecule has 2 heterocycles. The Hall–Kier alpha value is -3.67. The zero-order valence-electron chi connectivity index (χ0n) is 18.7. The van der Waals surface area contributed by atoms with E-state index in [-0.39, 0.29) is 10.9 Å². The highest BCUT2D eigenvalue weighted by atomic mass is 16.6. The highest BCUT2D eigenvalue weighted by Gasteiger charge is 2.21. The van der Waals surface area contributed by atoms with Crippen molar-refractivity contribution >= 4 is 34.0 Å². The Balaban J connectivity index is 2.22. The number of carbonyl (C=O) groups is 1. The van der Waals surface area contributed by atoms with Gasteiger partial charge in [0.05, 0.1) is 11.0 Å². The number of carbonyl (C=O) groups excluding carboxylic acids is 1. The molecule has 0 radical (unpaired) electrons. The number of fused-ring (bicyclic) bond motifs is 3. The molecule has 1 aliphatic rings. The number of H-pyrrole nitrogens is 1. The first-order chi connectivity index (χ1) is 15.2. The third kappa shape index (κ3) is 4.08. The molecule has 6 heteroatoms. The minimum absolute atomic E-state index is 0.158. The summed E-state index contributed by atoms with van der Waals surface area (Å²) in [7, 11) is 0. The summed E-state index contributed by atoms with van der Waals surface area (Å²) >= 11 is 0. The molecule has 1 aliphatic carbocycles. The van der Waals surface area contributed by atoms with Crippen LogP contribution in [0.15, 0.2) is 58.1 Å². The number of aromatic nitrogens is 2. The Labute approximate surface area is 185 Å². The van der Waals surface area contributed by atoms with Gasteiger partial charge in [0.25, 0.3) is 0 Å². The van der Waals surface area contributed by atoms with Gasteiger partial charge in [0, 0.05) is 27.7 Å². The van der Waals surface area contributed by atoms with E-state index in [1.165, 1.54) is 10.6 Å². The molecule has 4 rings (SSSR count). The number of nitrogens with one attached hydrogen (secondary N) is 1. The number of hydrogen-bond acceptors (Lipinski definition) is 4. The number of ether oxygens (including phenoxy) is 1. The Morgan fingerprint density at radius 3 is 2.50 bits per heavy atom. The standard InChI is InChI=1S/C26H26N2O4/c1-16-15-19-22(13-14-23(29)17-9-5-7-11-20(17)27-16)28(25(31)32-26(2,3)4)21-12-8-6-10-18(21)24(19)30/h6-8,10-15,27H,5,9H2,1-4H3. The van der Waals surface area contributed by atoms with Crippen molar-refractivity contribution in [3.63, 3.8) is 0 Å². The number of aromatic amines is 1. The van der Waals surface area contributed by atoms with Gasteiger partial charge in [-0.25, -0.2) is 9.36 Å². The van der Waals surface area contributed by atoms with Crippen LogP contribution in [0.5, 0.6) is 0 Å². The molecular formula is C26H26N2O4. The molecular weight excluding hydrogens is 404 g/mol. The van der Waals surface area contributed by atoms with Crippen molar-refractivity contribution in [2.24, 2.45) is 0 Å². The lowest BCUT2D eigenvalue weighted by atomic mass is 10.0. The molecule has 1 N–H and O–H groups in total. The van der Waals surface area contributed by atoms with Crippen LogP contribution in [0.25, 0.3) is 27.9 Å². The van der Waals surface area contributed by atoms with Gasteiger partial charge in [0.1, 0.15) is 5.60 Å². The summed E-state index contributed by atoms with van der Waals surface area (Å²) in [6.07, 6.45) is 4.70. The second-order valence-corrected chi connectivity index (χ2v) is 8.94. The molecule has 1 aromatic carbocycles. The summed E-state index contributed by atoms with van der Waals surface area (Å²) in [4.78, 5) is 42.9. The maximum absolute atomic E-state index is 13.4. The Morgan fingerprint density at radius 1 is 1.03 bits per heavy atom. The zero-order valence-corrected chi connectivity index (χ0v) is 18.7. The van der Waals surface area contributed by atoms with Crippen molar-refractivity contribution in [1.29, 1.82) is 0 Å². The number of para-hydroxylation sites is 1. The molecule has 0 amide bonds. The van der Waals surface area contributed by atoms with Gasteiger partial charge in [0.15, 0.2) is 10.9 Å². The van der Waals surface area contributed by atoms with Crippen LogP contribution in [-0.2, 0) is 11.2 Å². The number of pyridine rings is 1. The van der Waals surface area contributed by atoms with E-state index in [2.05, 4.69) is 4.98 Å². The summed E-state index contributed by atoms with van der Waals surface area (Å²) in [6, 6.07) is 11.6. The van der Waals surface area contributed by atoms with E-state index in [4.69, 9.17) is 4.74 Å². The van der Waals surface area contributed by atoms with Crippen LogP contribution in [-0.4, -0.2) is 21.2 Å². The SMILES string of the molecule is Cc1cc2c(=O)c3ccccc3n(C(=O)OC(C)(C)C)c2ccc(=O)c2c([nH]1)C=CCC2. The van der Waals surface area contributed by atoms with E-state index in [0.717, 1.165) is 12.1 Å². The first kappa shape index (κ1) is 21.6. The van der Waals surface area contributed by atoms with E-state index in [0.29, 0.717) is 39.5 Å². The fraction of sp³-hybridized carbons (Fsp3) is 0.269. The van der Waals surface area contributed by atoms with Gasteiger partial charge in [-0.3, -0.25) is 9.59 Å². The van der Waals surface area contributed by atoms with Gasteiger partial charge in [-0.1, -0.05) is 18.2 Å². The van der Waals surface area contributed by atoms with Crippen LogP contribution in [0.4, 0.5) is 4.79 Å². The van der Waals surface area contributed by atoms with E-state index in [9.17, 15) is 14.4 Å². The van der Waals surface area contributed by atoms with Crippen LogP contribution >= 0.6 is 0 Å². The summed E-state index contributed by atoms with van der Waals surface area (Å²) in [5.41, 5.74) is 1.73. The van der Waals surface area contributed by atoms with E-state index in [1.807, 2.05) is 19.1 Å². The highest BCUT2D eigenvalue weighted by Crippen LogP contribution is 2.21. The topological polar surface area (TPSA) is 81.2 Å².